The van der Waals surface area contributed by atoms with E-state index < -0.39 is 0 Å². The molecule has 0 unspecified atom stereocenters. The standard InChI is InChI=1S/C34H35O2.C2H6N.Mo/c1-33(2,3)29-19-11-17-27(31(29)35)24-15-10-16-25(26(24)22-21-23-13-8-7-9-14-23)28-18-12-20-30(32(28)36)34(4,5)6;1-3-2;/h7-20,22,35-36H,1-6H3;1-2H3;/q2*-1;. The molecule has 210 valence electrons. The van der Waals surface area contributed by atoms with Crippen LogP contribution in [0.5, 0.6) is 11.5 Å². The number of hydrogen-bond donors (Lipinski definition) is 2. The third kappa shape index (κ3) is 7.14. The monoisotopic (exact) mass is 617 g/mol. The predicted octanol–water partition coefficient (Wildman–Crippen LogP) is 8.97. The van der Waals surface area contributed by atoms with Crippen molar-refractivity contribution in [3.05, 3.63) is 119 Å². The van der Waals surface area contributed by atoms with E-state index in [0.717, 1.165) is 48.4 Å². The summed E-state index contributed by atoms with van der Waals surface area (Å²) in [6, 6.07) is 28.4. The molecule has 4 aromatic rings. The van der Waals surface area contributed by atoms with Crippen molar-refractivity contribution < 1.29 is 29.6 Å². The summed E-state index contributed by atoms with van der Waals surface area (Å²) < 4.78 is 1.11. The van der Waals surface area contributed by atoms with E-state index in [2.05, 4.69) is 77.5 Å². The van der Waals surface area contributed by atoms with E-state index in [9.17, 15) is 10.2 Å². The molecule has 0 saturated heterocycles. The molecule has 0 aliphatic rings. The summed E-state index contributed by atoms with van der Waals surface area (Å²) in [5.74, 6) is 0.598. The molecule has 4 aromatic carbocycles. The summed E-state index contributed by atoms with van der Waals surface area (Å²) in [5.41, 5.74) is 6.94. The minimum atomic E-state index is -0.201. The van der Waals surface area contributed by atoms with Crippen molar-refractivity contribution in [1.29, 1.82) is 0 Å². The molecule has 0 bridgehead atoms. The molecule has 0 saturated carbocycles. The molecule has 2 N–H and O–H groups in total. The molecule has 0 heterocycles. The second-order valence-corrected chi connectivity index (χ2v) is 13.1. The number of benzene rings is 4. The van der Waals surface area contributed by atoms with Gasteiger partial charge in [0.1, 0.15) is 0 Å². The fraction of sp³-hybridized carbons (Fsp3) is 0.278. The molecule has 0 fully saturated rings. The molecule has 0 aromatic heterocycles. The van der Waals surface area contributed by atoms with Gasteiger partial charge < -0.3 is 5.32 Å². The van der Waals surface area contributed by atoms with E-state index >= 15 is 0 Å². The van der Waals surface area contributed by atoms with Gasteiger partial charge in [0.05, 0.1) is 0 Å². The zero-order chi connectivity index (χ0) is 29.7. The zero-order valence-corrected chi connectivity index (χ0v) is 26.9. The molecule has 3 nitrogen and oxygen atoms in total. The Labute approximate surface area is 251 Å². The van der Waals surface area contributed by atoms with Crippen LogP contribution in [-0.4, -0.2) is 28.2 Å². The van der Waals surface area contributed by atoms with Crippen molar-refractivity contribution >= 4 is 3.90 Å². The summed E-state index contributed by atoms with van der Waals surface area (Å²) in [4.78, 5) is 0. The Morgan fingerprint density at radius 2 is 0.975 bits per heavy atom. The van der Waals surface area contributed by atoms with Gasteiger partial charge in [-0.1, -0.05) is 0 Å². The molecule has 0 amide bonds. The normalized spacial score (nSPS) is 11.4. The van der Waals surface area contributed by atoms with Gasteiger partial charge in [-0.2, -0.15) is 14.1 Å². The Balaban J connectivity index is 0.00000141. The van der Waals surface area contributed by atoms with Crippen LogP contribution >= 0.6 is 0 Å². The van der Waals surface area contributed by atoms with Crippen molar-refractivity contribution in [3.63, 3.8) is 0 Å². The van der Waals surface area contributed by atoms with E-state index in [1.54, 1.807) is 14.1 Å². The molecular weight excluding hydrogens is 574 g/mol. The Kier molecular flexibility index (Phi) is 10.2. The zero-order valence-electron chi connectivity index (χ0n) is 24.9. The molecular formula is C36H41MoNO2-2. The van der Waals surface area contributed by atoms with Gasteiger partial charge in [-0.3, -0.25) is 0 Å². The van der Waals surface area contributed by atoms with E-state index in [0.29, 0.717) is 11.5 Å². The molecule has 4 rings (SSSR count). The third-order valence-electron chi connectivity index (χ3n) is 6.71. The van der Waals surface area contributed by atoms with E-state index in [-0.39, 0.29) is 10.8 Å². The number of rotatable bonds is 5. The predicted molar refractivity (Wildman–Crippen MR) is 167 cm³/mol. The van der Waals surface area contributed by atoms with Gasteiger partial charge in [-0.05, 0) is 0 Å². The number of phenols is 2. The summed E-state index contributed by atoms with van der Waals surface area (Å²) >= 11 is 2.01. The first-order valence-corrected chi connectivity index (χ1v) is 14.5. The van der Waals surface area contributed by atoms with Crippen LogP contribution in [0.1, 0.15) is 63.8 Å². The van der Waals surface area contributed by atoms with Crippen LogP contribution in [-0.2, 0) is 30.2 Å². The molecule has 4 heteroatoms. The number of nitrogens with zero attached hydrogens (tertiary/aromatic N) is 1. The smallest absolute Gasteiger partial charge is 0.162 e. The fourth-order valence-electron chi connectivity index (χ4n) is 4.74. The average Bonchev–Trinajstić information content (AvgIpc) is 2.89. The van der Waals surface area contributed by atoms with E-state index in [1.165, 1.54) is 0 Å². The molecule has 40 heavy (non-hydrogen) atoms. The number of phenolic OH excluding ortho intramolecular Hbond substituents is 2. The van der Waals surface area contributed by atoms with Crippen LogP contribution in [0.15, 0.2) is 84.9 Å². The largest absolute Gasteiger partial charge is 0.668 e. The Morgan fingerprint density at radius 1 is 0.600 bits per heavy atom. The molecule has 0 radical (unpaired) electrons. The van der Waals surface area contributed by atoms with Gasteiger partial charge in [0.25, 0.3) is 0 Å². The van der Waals surface area contributed by atoms with Crippen molar-refractivity contribution in [2.75, 3.05) is 14.1 Å². The minimum Gasteiger partial charge on any atom is -0.668 e. The number of para-hydroxylation sites is 2. The van der Waals surface area contributed by atoms with Gasteiger partial charge in [0.2, 0.25) is 0 Å². The Hall–Kier alpha value is -3.13. The van der Waals surface area contributed by atoms with Crippen LogP contribution < -0.4 is 0 Å². The van der Waals surface area contributed by atoms with Gasteiger partial charge in [0, 0.05) is 0 Å². The van der Waals surface area contributed by atoms with Crippen LogP contribution in [0.25, 0.3) is 27.6 Å². The maximum Gasteiger partial charge on any atom is -0.162 e. The van der Waals surface area contributed by atoms with Gasteiger partial charge in [-0.25, -0.2) is 0 Å². The number of aromatic hydroxyl groups is 2. The SMILES string of the molecule is CC(C)(C)c1cccc(-c2cccc(-c3cccc(C(C)(C)C)c3O)c2[CH-][C](=[Mo])c2ccccc2)c1O.C[N-]C. The fourth-order valence-corrected chi connectivity index (χ4v) is 5.36. The summed E-state index contributed by atoms with van der Waals surface area (Å²) in [5, 5.41) is 26.4. The third-order valence-corrected chi connectivity index (χ3v) is 7.58. The Morgan fingerprint density at radius 3 is 1.38 bits per heavy atom. The van der Waals surface area contributed by atoms with Gasteiger partial charge in [-0.15, -0.1) is 0 Å². The molecule has 0 aliphatic carbocycles. The quantitative estimate of drug-likeness (QED) is 0.174. The topological polar surface area (TPSA) is 54.6 Å². The second kappa shape index (κ2) is 13.0. The maximum absolute atomic E-state index is 11.5. The molecule has 0 spiro atoms. The van der Waals surface area contributed by atoms with E-state index in [4.69, 9.17) is 0 Å². The van der Waals surface area contributed by atoms with Crippen molar-refractivity contribution in [2.45, 2.75) is 52.4 Å². The maximum atomic E-state index is 11.5. The first-order valence-electron chi connectivity index (χ1n) is 13.5. The van der Waals surface area contributed by atoms with Gasteiger partial charge in [0.15, 0.2) is 0 Å². The van der Waals surface area contributed by atoms with Gasteiger partial charge >= 0.3 is 233 Å². The Bertz CT molecular complexity index is 1380. The molecule has 0 atom stereocenters. The van der Waals surface area contributed by atoms with Crippen LogP contribution in [0.3, 0.4) is 0 Å². The van der Waals surface area contributed by atoms with Crippen molar-refractivity contribution in [2.24, 2.45) is 0 Å². The second-order valence-electron chi connectivity index (χ2n) is 12.0. The van der Waals surface area contributed by atoms with Crippen LogP contribution in [0.2, 0.25) is 0 Å². The van der Waals surface area contributed by atoms with E-state index in [1.807, 2.05) is 80.0 Å². The van der Waals surface area contributed by atoms with Crippen LogP contribution in [0.4, 0.5) is 0 Å². The summed E-state index contributed by atoms with van der Waals surface area (Å²) in [7, 11) is 3.50. The summed E-state index contributed by atoms with van der Waals surface area (Å²) in [6.07, 6.45) is 2.18. The first kappa shape index (κ1) is 31.4. The minimum absolute atomic E-state index is 0.201. The van der Waals surface area contributed by atoms with Crippen molar-refractivity contribution in [3.8, 4) is 33.8 Å². The molecule has 0 aliphatic heterocycles. The first-order chi connectivity index (χ1) is 18.8. The average molecular weight is 616 g/mol. The number of hydrogen-bond acceptors (Lipinski definition) is 2. The summed E-state index contributed by atoms with van der Waals surface area (Å²) in [6.45, 7) is 12.7. The van der Waals surface area contributed by atoms with Crippen molar-refractivity contribution in [1.82, 2.24) is 0 Å². The van der Waals surface area contributed by atoms with Crippen LogP contribution in [0, 0.1) is 6.42 Å².